The predicted octanol–water partition coefficient (Wildman–Crippen LogP) is 7.50. The lowest BCUT2D eigenvalue weighted by atomic mass is 10.1. The highest BCUT2D eigenvalue weighted by Crippen LogP contribution is 2.35. The topological polar surface area (TPSA) is 41.9 Å². The summed E-state index contributed by atoms with van der Waals surface area (Å²) >= 11 is 13.5. The number of amides is 1. The standard InChI is InChI=1S/C26H22Cl2N2O2S/c1-3-30-25(31)24(33-26(30)29-20-11-8-17(2)9-12-20)15-19-6-4-5-7-23(19)32-16-18-10-13-21(27)22(28)14-18/h4-15H,3,16H2,1-2H3/b24-15+,29-26?. The first-order valence-electron chi connectivity index (χ1n) is 10.5. The van der Waals surface area contributed by atoms with Gasteiger partial charge >= 0.3 is 0 Å². The second-order valence-corrected chi connectivity index (χ2v) is 9.29. The van der Waals surface area contributed by atoms with Crippen LogP contribution in [-0.2, 0) is 11.4 Å². The third-order valence-electron chi connectivity index (χ3n) is 5.05. The summed E-state index contributed by atoms with van der Waals surface area (Å²) in [4.78, 5) is 20.0. The Morgan fingerprint density at radius 2 is 1.79 bits per heavy atom. The number of benzene rings is 3. The summed E-state index contributed by atoms with van der Waals surface area (Å²) in [6, 6.07) is 21.0. The van der Waals surface area contributed by atoms with Crippen molar-refractivity contribution in [2.45, 2.75) is 20.5 Å². The van der Waals surface area contributed by atoms with Crippen molar-refractivity contribution in [2.75, 3.05) is 6.54 Å². The largest absolute Gasteiger partial charge is 0.488 e. The Bertz CT molecular complexity index is 1240. The van der Waals surface area contributed by atoms with Crippen molar-refractivity contribution < 1.29 is 9.53 Å². The number of amidine groups is 1. The number of ether oxygens (including phenoxy) is 1. The molecule has 1 amide bonds. The Morgan fingerprint density at radius 1 is 1.03 bits per heavy atom. The molecule has 4 nitrogen and oxygen atoms in total. The zero-order valence-corrected chi connectivity index (χ0v) is 20.5. The minimum Gasteiger partial charge on any atom is -0.488 e. The van der Waals surface area contributed by atoms with Crippen LogP contribution in [0.4, 0.5) is 5.69 Å². The molecule has 3 aromatic rings. The van der Waals surface area contributed by atoms with Gasteiger partial charge in [0.05, 0.1) is 20.6 Å². The normalized spacial score (nSPS) is 16.1. The quantitative estimate of drug-likeness (QED) is 0.331. The molecule has 0 unspecified atom stereocenters. The van der Waals surface area contributed by atoms with Crippen molar-refractivity contribution in [2.24, 2.45) is 4.99 Å². The van der Waals surface area contributed by atoms with Crippen molar-refractivity contribution in [3.05, 3.63) is 98.4 Å². The van der Waals surface area contributed by atoms with E-state index in [0.717, 1.165) is 16.8 Å². The zero-order valence-electron chi connectivity index (χ0n) is 18.2. The van der Waals surface area contributed by atoms with Crippen molar-refractivity contribution in [3.8, 4) is 5.75 Å². The van der Waals surface area contributed by atoms with Gasteiger partial charge in [0, 0.05) is 12.1 Å². The first-order chi connectivity index (χ1) is 15.9. The molecule has 1 saturated heterocycles. The van der Waals surface area contributed by atoms with Crippen molar-refractivity contribution in [1.29, 1.82) is 0 Å². The van der Waals surface area contributed by atoms with Gasteiger partial charge in [-0.3, -0.25) is 9.69 Å². The number of thioether (sulfide) groups is 1. The van der Waals surface area contributed by atoms with E-state index >= 15 is 0 Å². The molecule has 0 aliphatic carbocycles. The fraction of sp³-hybridized carbons (Fsp3) is 0.154. The van der Waals surface area contributed by atoms with Crippen LogP contribution in [0.3, 0.4) is 0 Å². The van der Waals surface area contributed by atoms with E-state index in [1.165, 1.54) is 17.3 Å². The number of carbonyl (C=O) groups is 1. The average molecular weight is 497 g/mol. The molecule has 1 aliphatic heterocycles. The van der Waals surface area contributed by atoms with E-state index in [2.05, 4.69) is 0 Å². The summed E-state index contributed by atoms with van der Waals surface area (Å²) < 4.78 is 6.04. The second kappa shape index (κ2) is 10.5. The molecule has 0 bridgehead atoms. The van der Waals surface area contributed by atoms with Crippen LogP contribution in [0.25, 0.3) is 6.08 Å². The highest BCUT2D eigenvalue weighted by Gasteiger charge is 2.32. The highest BCUT2D eigenvalue weighted by molar-refractivity contribution is 8.18. The zero-order chi connectivity index (χ0) is 23.4. The minimum atomic E-state index is -0.0624. The smallest absolute Gasteiger partial charge is 0.266 e. The van der Waals surface area contributed by atoms with Crippen LogP contribution >= 0.6 is 35.0 Å². The molecule has 1 fully saturated rings. The Morgan fingerprint density at radius 3 is 2.52 bits per heavy atom. The van der Waals surface area contributed by atoms with Gasteiger partial charge < -0.3 is 4.74 Å². The van der Waals surface area contributed by atoms with Gasteiger partial charge in [-0.1, -0.05) is 65.2 Å². The van der Waals surface area contributed by atoms with Crippen LogP contribution in [0, 0.1) is 6.92 Å². The number of aryl methyl sites for hydroxylation is 1. The number of rotatable bonds is 6. The molecule has 0 atom stereocenters. The van der Waals surface area contributed by atoms with Crippen LogP contribution in [-0.4, -0.2) is 22.5 Å². The van der Waals surface area contributed by atoms with Crippen molar-refractivity contribution >= 4 is 57.8 Å². The van der Waals surface area contributed by atoms with Crippen molar-refractivity contribution in [3.63, 3.8) is 0 Å². The van der Waals surface area contributed by atoms with Crippen LogP contribution in [0.15, 0.2) is 76.6 Å². The Labute approximate surface area is 207 Å². The van der Waals surface area contributed by atoms with E-state index in [-0.39, 0.29) is 5.91 Å². The van der Waals surface area contributed by atoms with Crippen LogP contribution in [0.5, 0.6) is 5.75 Å². The number of likely N-dealkylation sites (N-methyl/N-ethyl adjacent to an activating group) is 1. The lowest BCUT2D eigenvalue weighted by Crippen LogP contribution is -2.28. The first-order valence-corrected chi connectivity index (χ1v) is 12.0. The SMILES string of the molecule is CCN1C(=O)/C(=C\c2ccccc2OCc2ccc(Cl)c(Cl)c2)SC1=Nc1ccc(C)cc1. The third-order valence-corrected chi connectivity index (χ3v) is 6.79. The number of hydrogen-bond donors (Lipinski definition) is 0. The molecule has 0 saturated carbocycles. The fourth-order valence-electron chi connectivity index (χ4n) is 3.26. The average Bonchev–Trinajstić information content (AvgIpc) is 3.10. The summed E-state index contributed by atoms with van der Waals surface area (Å²) in [5.41, 5.74) is 3.71. The van der Waals surface area contributed by atoms with Gasteiger partial charge in [-0.05, 0) is 67.6 Å². The molecule has 4 rings (SSSR count). The molecule has 1 heterocycles. The maximum absolute atomic E-state index is 13.0. The number of halogens is 2. The van der Waals surface area contributed by atoms with Crippen molar-refractivity contribution in [1.82, 2.24) is 4.90 Å². The third kappa shape index (κ3) is 5.61. The number of carbonyl (C=O) groups excluding carboxylic acids is 1. The summed E-state index contributed by atoms with van der Waals surface area (Å²) in [5.74, 6) is 0.615. The summed E-state index contributed by atoms with van der Waals surface area (Å²) in [5, 5.41) is 1.67. The van der Waals surface area contributed by atoms with Gasteiger partial charge in [-0.2, -0.15) is 0 Å². The molecule has 7 heteroatoms. The molecule has 3 aromatic carbocycles. The minimum absolute atomic E-state index is 0.0624. The van der Waals surface area contributed by atoms with E-state index in [1.807, 2.05) is 74.5 Å². The van der Waals surface area contributed by atoms with Crippen LogP contribution in [0.2, 0.25) is 10.0 Å². The van der Waals surface area contributed by atoms with Gasteiger partial charge in [-0.15, -0.1) is 0 Å². The van der Waals surface area contributed by atoms with E-state index < -0.39 is 0 Å². The van der Waals surface area contributed by atoms with Crippen LogP contribution < -0.4 is 4.74 Å². The monoisotopic (exact) mass is 496 g/mol. The number of para-hydroxylation sites is 1. The Balaban J connectivity index is 1.57. The van der Waals surface area contributed by atoms with Gasteiger partial charge in [0.2, 0.25) is 0 Å². The molecule has 0 spiro atoms. The summed E-state index contributed by atoms with van der Waals surface area (Å²) in [6.07, 6.45) is 1.86. The van der Waals surface area contributed by atoms with Gasteiger partial charge in [0.15, 0.2) is 5.17 Å². The number of nitrogens with zero attached hydrogens (tertiary/aromatic N) is 2. The number of aliphatic imine (C=N–C) groups is 1. The van der Waals surface area contributed by atoms with E-state index in [0.29, 0.717) is 39.0 Å². The molecule has 0 N–H and O–H groups in total. The number of hydrogen-bond acceptors (Lipinski definition) is 4. The Hall–Kier alpha value is -2.73. The molecule has 168 valence electrons. The molecular weight excluding hydrogens is 475 g/mol. The maximum Gasteiger partial charge on any atom is 0.266 e. The lowest BCUT2D eigenvalue weighted by molar-refractivity contribution is -0.122. The maximum atomic E-state index is 13.0. The van der Waals surface area contributed by atoms with Gasteiger partial charge in [0.1, 0.15) is 12.4 Å². The second-order valence-electron chi connectivity index (χ2n) is 7.46. The molecular formula is C26H22Cl2N2O2S. The Kier molecular flexibility index (Phi) is 7.43. The lowest BCUT2D eigenvalue weighted by Gasteiger charge is -2.12. The predicted molar refractivity (Wildman–Crippen MR) is 138 cm³/mol. The van der Waals surface area contributed by atoms with E-state index in [9.17, 15) is 4.79 Å². The fourth-order valence-corrected chi connectivity index (χ4v) is 4.64. The molecule has 0 aromatic heterocycles. The van der Waals surface area contributed by atoms with E-state index in [4.69, 9.17) is 32.9 Å². The first kappa shape index (κ1) is 23.4. The summed E-state index contributed by atoms with van der Waals surface area (Å²) in [7, 11) is 0. The van der Waals surface area contributed by atoms with Gasteiger partial charge in [0.25, 0.3) is 5.91 Å². The van der Waals surface area contributed by atoms with Crippen LogP contribution in [0.1, 0.15) is 23.6 Å². The molecule has 0 radical (unpaired) electrons. The van der Waals surface area contributed by atoms with E-state index in [1.54, 1.807) is 17.0 Å². The van der Waals surface area contributed by atoms with Gasteiger partial charge in [-0.25, -0.2) is 4.99 Å². The molecule has 1 aliphatic rings. The summed E-state index contributed by atoms with van der Waals surface area (Å²) in [6.45, 7) is 4.86. The highest BCUT2D eigenvalue weighted by atomic mass is 35.5. The molecule has 33 heavy (non-hydrogen) atoms.